The van der Waals surface area contributed by atoms with Crippen LogP contribution in [0.15, 0.2) is 72.8 Å². The van der Waals surface area contributed by atoms with Gasteiger partial charge in [-0.1, -0.05) is 30.3 Å². The van der Waals surface area contributed by atoms with E-state index in [1.54, 1.807) is 48.5 Å². The number of rotatable bonds is 11. The van der Waals surface area contributed by atoms with Crippen molar-refractivity contribution in [2.24, 2.45) is 0 Å². The first-order chi connectivity index (χ1) is 17.4. The third-order valence-electron chi connectivity index (χ3n) is 5.26. The number of anilines is 2. The Balaban J connectivity index is 1.71. The van der Waals surface area contributed by atoms with E-state index in [1.807, 2.05) is 12.1 Å². The molecular formula is C27H25F2N3O4. The zero-order chi connectivity index (χ0) is 25.9. The number of carbonyl (C=O) groups is 2. The molecule has 0 aliphatic rings. The van der Waals surface area contributed by atoms with Gasteiger partial charge in [0, 0.05) is 36.3 Å². The molecule has 0 aliphatic carbocycles. The number of carbonyl (C=O) groups excluding carboxylic acids is 2. The van der Waals surface area contributed by atoms with Crippen LogP contribution < -0.4 is 19.7 Å². The lowest BCUT2D eigenvalue weighted by atomic mass is 10.0. The number of halogens is 2. The van der Waals surface area contributed by atoms with Crippen LogP contribution in [0.4, 0.5) is 20.2 Å². The van der Waals surface area contributed by atoms with Gasteiger partial charge < -0.3 is 19.7 Å². The van der Waals surface area contributed by atoms with E-state index in [9.17, 15) is 18.4 Å². The number of nitriles is 1. The van der Waals surface area contributed by atoms with Crippen molar-refractivity contribution in [3.05, 3.63) is 72.8 Å². The monoisotopic (exact) mass is 493 g/mol. The van der Waals surface area contributed by atoms with Crippen molar-refractivity contribution in [3.8, 4) is 28.7 Å². The molecule has 0 aliphatic heterocycles. The second-order valence-corrected chi connectivity index (χ2v) is 7.66. The summed E-state index contributed by atoms with van der Waals surface area (Å²) in [7, 11) is 1.52. The maximum absolute atomic E-state index is 12.9. The molecular weight excluding hydrogens is 468 g/mol. The Labute approximate surface area is 207 Å². The SMILES string of the molecule is COc1ccc(-c2cc(NC(=O)CCC(=O)N(CCC#N)c3ccccc3)ccc2OC(F)F)cc1. The molecule has 0 bridgehead atoms. The third kappa shape index (κ3) is 7.27. The minimum absolute atomic E-state index is 0.0423. The molecule has 2 amide bonds. The number of para-hydroxylation sites is 1. The maximum atomic E-state index is 12.9. The molecule has 7 nitrogen and oxygen atoms in total. The number of methoxy groups -OCH3 is 1. The van der Waals surface area contributed by atoms with Crippen molar-refractivity contribution < 1.29 is 27.8 Å². The molecule has 3 rings (SSSR count). The lowest BCUT2D eigenvalue weighted by Crippen LogP contribution is -2.32. The summed E-state index contributed by atoms with van der Waals surface area (Å²) < 4.78 is 35.6. The van der Waals surface area contributed by atoms with Crippen LogP contribution in [-0.4, -0.2) is 32.1 Å². The third-order valence-corrected chi connectivity index (χ3v) is 5.26. The largest absolute Gasteiger partial charge is 0.497 e. The Hall–Kier alpha value is -4.45. The Morgan fingerprint density at radius 3 is 2.39 bits per heavy atom. The molecule has 9 heteroatoms. The summed E-state index contributed by atoms with van der Waals surface area (Å²) in [6.07, 6.45) is -0.0000493. The lowest BCUT2D eigenvalue weighted by molar-refractivity contribution is -0.122. The first kappa shape index (κ1) is 26.2. The Morgan fingerprint density at radius 2 is 1.75 bits per heavy atom. The van der Waals surface area contributed by atoms with E-state index in [0.717, 1.165) is 0 Å². The van der Waals surface area contributed by atoms with Crippen LogP contribution in [0.25, 0.3) is 11.1 Å². The van der Waals surface area contributed by atoms with Crippen molar-refractivity contribution in [3.63, 3.8) is 0 Å². The van der Waals surface area contributed by atoms with Gasteiger partial charge in [0.05, 0.1) is 19.6 Å². The van der Waals surface area contributed by atoms with Crippen molar-refractivity contribution in [1.82, 2.24) is 0 Å². The topological polar surface area (TPSA) is 91.7 Å². The van der Waals surface area contributed by atoms with Crippen LogP contribution in [-0.2, 0) is 9.59 Å². The summed E-state index contributed by atoms with van der Waals surface area (Å²) in [6, 6.07) is 22.0. The van der Waals surface area contributed by atoms with Crippen molar-refractivity contribution >= 4 is 23.2 Å². The van der Waals surface area contributed by atoms with Crippen LogP contribution in [0, 0.1) is 11.3 Å². The molecule has 0 saturated carbocycles. The fraction of sp³-hybridized carbons (Fsp3) is 0.222. The smallest absolute Gasteiger partial charge is 0.387 e. The van der Waals surface area contributed by atoms with Crippen LogP contribution >= 0.6 is 0 Å². The van der Waals surface area contributed by atoms with Crippen LogP contribution in [0.3, 0.4) is 0 Å². The molecule has 0 spiro atoms. The second kappa shape index (κ2) is 12.9. The summed E-state index contributed by atoms with van der Waals surface area (Å²) in [6.45, 7) is -2.79. The Bertz CT molecular complexity index is 1210. The molecule has 0 aromatic heterocycles. The van der Waals surface area contributed by atoms with E-state index < -0.39 is 12.5 Å². The number of alkyl halides is 2. The summed E-state index contributed by atoms with van der Waals surface area (Å²) >= 11 is 0. The molecule has 0 radical (unpaired) electrons. The van der Waals surface area contributed by atoms with Gasteiger partial charge in [0.1, 0.15) is 11.5 Å². The summed E-state index contributed by atoms with van der Waals surface area (Å²) in [5.41, 5.74) is 1.97. The maximum Gasteiger partial charge on any atom is 0.387 e. The minimum Gasteiger partial charge on any atom is -0.497 e. The Kier molecular flexibility index (Phi) is 9.34. The summed E-state index contributed by atoms with van der Waals surface area (Å²) in [4.78, 5) is 26.8. The predicted molar refractivity (Wildman–Crippen MR) is 132 cm³/mol. The number of nitrogens with zero attached hydrogens (tertiary/aromatic N) is 2. The van der Waals surface area contributed by atoms with E-state index >= 15 is 0 Å². The van der Waals surface area contributed by atoms with Crippen molar-refractivity contribution in [2.75, 3.05) is 23.9 Å². The number of ether oxygens (including phenoxy) is 2. The van der Waals surface area contributed by atoms with Crippen molar-refractivity contribution in [1.29, 1.82) is 5.26 Å². The highest BCUT2D eigenvalue weighted by atomic mass is 19.3. The number of hydrogen-bond acceptors (Lipinski definition) is 5. The fourth-order valence-electron chi connectivity index (χ4n) is 3.55. The van der Waals surface area contributed by atoms with E-state index in [-0.39, 0.29) is 37.5 Å². The van der Waals surface area contributed by atoms with Crippen LogP contribution in [0.2, 0.25) is 0 Å². The van der Waals surface area contributed by atoms with Crippen LogP contribution in [0.1, 0.15) is 19.3 Å². The van der Waals surface area contributed by atoms with Gasteiger partial charge in [-0.3, -0.25) is 9.59 Å². The molecule has 36 heavy (non-hydrogen) atoms. The molecule has 0 unspecified atom stereocenters. The van der Waals surface area contributed by atoms with E-state index in [0.29, 0.717) is 28.3 Å². The highest BCUT2D eigenvalue weighted by molar-refractivity contribution is 5.98. The first-order valence-corrected chi connectivity index (χ1v) is 11.2. The van der Waals surface area contributed by atoms with Gasteiger partial charge in [-0.2, -0.15) is 14.0 Å². The number of nitrogens with one attached hydrogen (secondary N) is 1. The van der Waals surface area contributed by atoms with Gasteiger partial charge >= 0.3 is 6.61 Å². The standard InChI is InChI=1S/C27H25F2N3O4/c1-35-22-11-8-19(9-12-22)23-18-20(10-13-24(23)36-27(28)29)31-25(33)14-15-26(34)32(17-5-16-30)21-6-3-2-4-7-21/h2-4,6-13,18,27H,5,14-15,17H2,1H3,(H,31,33). The highest BCUT2D eigenvalue weighted by Gasteiger charge is 2.18. The van der Waals surface area contributed by atoms with Gasteiger partial charge in [-0.05, 0) is 48.0 Å². The molecule has 0 heterocycles. The second-order valence-electron chi connectivity index (χ2n) is 7.66. The molecule has 0 fully saturated rings. The van der Waals surface area contributed by atoms with Crippen molar-refractivity contribution in [2.45, 2.75) is 25.9 Å². The fourth-order valence-corrected chi connectivity index (χ4v) is 3.55. The average Bonchev–Trinajstić information content (AvgIpc) is 2.89. The van der Waals surface area contributed by atoms with Gasteiger partial charge in [0.2, 0.25) is 11.8 Å². The molecule has 3 aromatic rings. The minimum atomic E-state index is -3.01. The number of hydrogen-bond donors (Lipinski definition) is 1. The van der Waals surface area contributed by atoms with Gasteiger partial charge in [0.15, 0.2) is 0 Å². The molecule has 3 aromatic carbocycles. The quantitative estimate of drug-likeness (QED) is 0.374. The van der Waals surface area contributed by atoms with Crippen LogP contribution in [0.5, 0.6) is 11.5 Å². The summed E-state index contributed by atoms with van der Waals surface area (Å²) in [5, 5.41) is 11.6. The zero-order valence-corrected chi connectivity index (χ0v) is 19.6. The van der Waals surface area contributed by atoms with Gasteiger partial charge in [-0.25, -0.2) is 0 Å². The van der Waals surface area contributed by atoms with Gasteiger partial charge in [0.25, 0.3) is 0 Å². The molecule has 0 saturated heterocycles. The van der Waals surface area contributed by atoms with Gasteiger partial charge in [-0.15, -0.1) is 0 Å². The zero-order valence-electron chi connectivity index (χ0n) is 19.6. The number of benzene rings is 3. The van der Waals surface area contributed by atoms with E-state index in [1.165, 1.54) is 30.2 Å². The molecule has 0 atom stereocenters. The first-order valence-electron chi connectivity index (χ1n) is 11.2. The van der Waals surface area contributed by atoms with E-state index in [2.05, 4.69) is 10.1 Å². The average molecular weight is 494 g/mol. The lowest BCUT2D eigenvalue weighted by Gasteiger charge is -2.21. The molecule has 1 N–H and O–H groups in total. The highest BCUT2D eigenvalue weighted by Crippen LogP contribution is 2.34. The molecule has 186 valence electrons. The van der Waals surface area contributed by atoms with E-state index in [4.69, 9.17) is 10.00 Å². The normalized spacial score (nSPS) is 10.4. The Morgan fingerprint density at radius 1 is 1.03 bits per heavy atom. The number of amides is 2. The summed E-state index contributed by atoms with van der Waals surface area (Å²) in [5.74, 6) is -0.145. The predicted octanol–water partition coefficient (Wildman–Crippen LogP) is 5.63.